The van der Waals surface area contributed by atoms with Gasteiger partial charge in [-0.15, -0.1) is 0 Å². The SMILES string of the molecule is CCOC(=O)c1cn([C@@H](C)CO)cn1. The molecule has 5 nitrogen and oxygen atoms in total. The molecule has 1 heterocycles. The van der Waals surface area contributed by atoms with Gasteiger partial charge >= 0.3 is 5.97 Å². The molecule has 0 spiro atoms. The Morgan fingerprint density at radius 1 is 1.79 bits per heavy atom. The van der Waals surface area contributed by atoms with E-state index in [4.69, 9.17) is 9.84 Å². The van der Waals surface area contributed by atoms with Crippen LogP contribution < -0.4 is 0 Å². The highest BCUT2D eigenvalue weighted by molar-refractivity contribution is 5.86. The summed E-state index contributed by atoms with van der Waals surface area (Å²) in [6, 6.07) is -0.0781. The standard InChI is InChI=1S/C9H14N2O3/c1-3-14-9(13)8-4-11(6-10-8)7(2)5-12/h4,6-7,12H,3,5H2,1-2H3/t7-/m0/s1. The number of hydrogen-bond acceptors (Lipinski definition) is 4. The lowest BCUT2D eigenvalue weighted by molar-refractivity contribution is 0.0520. The molecule has 1 aromatic heterocycles. The van der Waals surface area contributed by atoms with Crippen molar-refractivity contribution < 1.29 is 14.6 Å². The van der Waals surface area contributed by atoms with Gasteiger partial charge in [0.15, 0.2) is 5.69 Å². The zero-order valence-corrected chi connectivity index (χ0v) is 8.30. The van der Waals surface area contributed by atoms with Gasteiger partial charge in [-0.2, -0.15) is 0 Å². The van der Waals surface area contributed by atoms with Crippen LogP contribution in [0.2, 0.25) is 0 Å². The summed E-state index contributed by atoms with van der Waals surface area (Å²) in [6.07, 6.45) is 3.08. The third-order valence-electron chi connectivity index (χ3n) is 1.86. The lowest BCUT2D eigenvalue weighted by Crippen LogP contribution is -2.08. The van der Waals surface area contributed by atoms with Crippen LogP contribution in [0.3, 0.4) is 0 Å². The summed E-state index contributed by atoms with van der Waals surface area (Å²) in [5.41, 5.74) is 0.271. The van der Waals surface area contributed by atoms with Crippen molar-refractivity contribution in [2.75, 3.05) is 13.2 Å². The highest BCUT2D eigenvalue weighted by Crippen LogP contribution is 2.06. The Labute approximate surface area is 82.3 Å². The smallest absolute Gasteiger partial charge is 0.358 e. The fourth-order valence-corrected chi connectivity index (χ4v) is 0.983. The highest BCUT2D eigenvalue weighted by Gasteiger charge is 2.11. The first-order valence-electron chi connectivity index (χ1n) is 4.50. The van der Waals surface area contributed by atoms with E-state index in [0.29, 0.717) is 6.61 Å². The van der Waals surface area contributed by atoms with E-state index in [1.165, 1.54) is 6.33 Å². The molecule has 0 amide bonds. The summed E-state index contributed by atoms with van der Waals surface area (Å²) in [5, 5.41) is 8.87. The number of imidazole rings is 1. The first kappa shape index (κ1) is 10.7. The molecule has 78 valence electrons. The molecule has 1 atom stereocenters. The van der Waals surface area contributed by atoms with Crippen molar-refractivity contribution in [3.05, 3.63) is 18.2 Å². The summed E-state index contributed by atoms with van der Waals surface area (Å²) in [5.74, 6) is -0.434. The summed E-state index contributed by atoms with van der Waals surface area (Å²) >= 11 is 0. The first-order valence-corrected chi connectivity index (χ1v) is 4.50. The summed E-state index contributed by atoms with van der Waals surface area (Å²) in [4.78, 5) is 15.1. The van der Waals surface area contributed by atoms with E-state index >= 15 is 0 Å². The number of aromatic nitrogens is 2. The van der Waals surface area contributed by atoms with Gasteiger partial charge in [0.05, 0.1) is 25.6 Å². The van der Waals surface area contributed by atoms with Gasteiger partial charge in [0.2, 0.25) is 0 Å². The number of nitrogens with zero attached hydrogens (tertiary/aromatic N) is 2. The molecule has 1 N–H and O–H groups in total. The molecule has 0 radical (unpaired) electrons. The topological polar surface area (TPSA) is 64.3 Å². The fourth-order valence-electron chi connectivity index (χ4n) is 0.983. The van der Waals surface area contributed by atoms with Gasteiger partial charge in [-0.1, -0.05) is 0 Å². The highest BCUT2D eigenvalue weighted by atomic mass is 16.5. The van der Waals surface area contributed by atoms with Gasteiger partial charge in [-0.25, -0.2) is 9.78 Å². The van der Waals surface area contributed by atoms with Crippen molar-refractivity contribution in [2.45, 2.75) is 19.9 Å². The van der Waals surface area contributed by atoms with E-state index in [-0.39, 0.29) is 18.3 Å². The van der Waals surface area contributed by atoms with Gasteiger partial charge in [0, 0.05) is 6.20 Å². The number of rotatable bonds is 4. The Balaban J connectivity index is 2.72. The number of hydrogen-bond donors (Lipinski definition) is 1. The average Bonchev–Trinajstić information content (AvgIpc) is 2.66. The van der Waals surface area contributed by atoms with E-state index in [2.05, 4.69) is 4.98 Å². The van der Waals surface area contributed by atoms with Crippen LogP contribution >= 0.6 is 0 Å². The zero-order valence-electron chi connectivity index (χ0n) is 8.30. The lowest BCUT2D eigenvalue weighted by atomic mass is 10.3. The molecular weight excluding hydrogens is 184 g/mol. The van der Waals surface area contributed by atoms with Crippen molar-refractivity contribution in [1.29, 1.82) is 0 Å². The van der Waals surface area contributed by atoms with Crippen LogP contribution in [-0.4, -0.2) is 33.8 Å². The van der Waals surface area contributed by atoms with Crippen LogP contribution in [0.1, 0.15) is 30.4 Å². The monoisotopic (exact) mass is 198 g/mol. The molecule has 5 heteroatoms. The van der Waals surface area contributed by atoms with Gasteiger partial charge in [0.25, 0.3) is 0 Å². The number of aliphatic hydroxyl groups excluding tert-OH is 1. The molecule has 0 aliphatic carbocycles. The first-order chi connectivity index (χ1) is 6.69. The van der Waals surface area contributed by atoms with E-state index in [9.17, 15) is 4.79 Å². The van der Waals surface area contributed by atoms with Crippen LogP contribution in [0.5, 0.6) is 0 Å². The second-order valence-electron chi connectivity index (χ2n) is 2.96. The molecule has 0 aliphatic heterocycles. The summed E-state index contributed by atoms with van der Waals surface area (Å²) in [7, 11) is 0. The second-order valence-corrected chi connectivity index (χ2v) is 2.96. The third kappa shape index (κ3) is 2.32. The lowest BCUT2D eigenvalue weighted by Gasteiger charge is -2.07. The second kappa shape index (κ2) is 4.76. The number of carbonyl (C=O) groups is 1. The Morgan fingerprint density at radius 3 is 3.07 bits per heavy atom. The van der Waals surface area contributed by atoms with E-state index in [1.807, 2.05) is 6.92 Å². The molecule has 1 rings (SSSR count). The molecule has 1 aromatic rings. The van der Waals surface area contributed by atoms with E-state index < -0.39 is 5.97 Å². The van der Waals surface area contributed by atoms with Gasteiger partial charge < -0.3 is 14.4 Å². The van der Waals surface area contributed by atoms with Crippen LogP contribution in [0, 0.1) is 0 Å². The quantitative estimate of drug-likeness (QED) is 0.720. The minimum Gasteiger partial charge on any atom is -0.461 e. The largest absolute Gasteiger partial charge is 0.461 e. The van der Waals surface area contributed by atoms with Gasteiger partial charge in [0.1, 0.15) is 0 Å². The maximum atomic E-state index is 11.2. The fraction of sp³-hybridized carbons (Fsp3) is 0.556. The summed E-state index contributed by atoms with van der Waals surface area (Å²) < 4.78 is 6.45. The van der Waals surface area contributed by atoms with Gasteiger partial charge in [-0.3, -0.25) is 0 Å². The molecule has 0 unspecified atom stereocenters. The summed E-state index contributed by atoms with van der Waals surface area (Å²) in [6.45, 7) is 3.92. The van der Waals surface area contributed by atoms with Crippen LogP contribution in [0.15, 0.2) is 12.5 Å². The Hall–Kier alpha value is -1.36. The van der Waals surface area contributed by atoms with Crippen molar-refractivity contribution in [3.63, 3.8) is 0 Å². The number of aliphatic hydroxyl groups is 1. The molecule has 0 saturated carbocycles. The molecule has 0 aromatic carbocycles. The van der Waals surface area contributed by atoms with Gasteiger partial charge in [-0.05, 0) is 13.8 Å². The van der Waals surface area contributed by atoms with E-state index in [0.717, 1.165) is 0 Å². The minimum atomic E-state index is -0.434. The Kier molecular flexibility index (Phi) is 3.64. The van der Waals surface area contributed by atoms with Crippen LogP contribution in [-0.2, 0) is 4.74 Å². The number of esters is 1. The molecule has 0 aliphatic rings. The maximum absolute atomic E-state index is 11.2. The molecule has 14 heavy (non-hydrogen) atoms. The van der Waals surface area contributed by atoms with Crippen LogP contribution in [0.4, 0.5) is 0 Å². The van der Waals surface area contributed by atoms with Crippen molar-refractivity contribution in [3.8, 4) is 0 Å². The number of ether oxygens (including phenoxy) is 1. The van der Waals surface area contributed by atoms with E-state index in [1.54, 1.807) is 17.7 Å². The normalized spacial score (nSPS) is 12.5. The molecule has 0 saturated heterocycles. The van der Waals surface area contributed by atoms with Crippen molar-refractivity contribution >= 4 is 5.97 Å². The minimum absolute atomic E-state index is 0.0125. The number of carbonyl (C=O) groups excluding carboxylic acids is 1. The molecular formula is C9H14N2O3. The van der Waals surface area contributed by atoms with Crippen molar-refractivity contribution in [2.24, 2.45) is 0 Å². The Morgan fingerprint density at radius 2 is 2.50 bits per heavy atom. The third-order valence-corrected chi connectivity index (χ3v) is 1.86. The van der Waals surface area contributed by atoms with Crippen LogP contribution in [0.25, 0.3) is 0 Å². The predicted molar refractivity (Wildman–Crippen MR) is 50.0 cm³/mol. The van der Waals surface area contributed by atoms with Crippen molar-refractivity contribution in [1.82, 2.24) is 9.55 Å². The Bertz CT molecular complexity index is 309. The average molecular weight is 198 g/mol. The molecule has 0 bridgehead atoms. The maximum Gasteiger partial charge on any atom is 0.358 e. The zero-order chi connectivity index (χ0) is 10.6. The predicted octanol–water partition coefficient (Wildman–Crippen LogP) is 0.613. The molecule has 0 fully saturated rings.